The highest BCUT2D eigenvalue weighted by molar-refractivity contribution is 6.30. The van der Waals surface area contributed by atoms with Gasteiger partial charge in [-0.15, -0.1) is 0 Å². The molecule has 3 heteroatoms. The van der Waals surface area contributed by atoms with Crippen molar-refractivity contribution in [2.24, 2.45) is 5.73 Å². The van der Waals surface area contributed by atoms with Crippen LogP contribution in [0.3, 0.4) is 0 Å². The molecule has 3 rings (SSSR count). The van der Waals surface area contributed by atoms with Crippen molar-refractivity contribution in [3.63, 3.8) is 0 Å². The van der Waals surface area contributed by atoms with Gasteiger partial charge in [-0.05, 0) is 43.9 Å². The van der Waals surface area contributed by atoms with Crippen LogP contribution in [-0.4, -0.2) is 5.60 Å². The summed E-state index contributed by atoms with van der Waals surface area (Å²) in [6, 6.07) is 5.84. The Morgan fingerprint density at radius 2 is 2.06 bits per heavy atom. The zero-order valence-corrected chi connectivity index (χ0v) is 9.96. The Morgan fingerprint density at radius 3 is 2.81 bits per heavy atom. The van der Waals surface area contributed by atoms with Crippen LogP contribution in [0.1, 0.15) is 43.7 Å². The van der Waals surface area contributed by atoms with Gasteiger partial charge >= 0.3 is 0 Å². The first-order valence-corrected chi connectivity index (χ1v) is 6.30. The maximum atomic E-state index is 6.23. The first kappa shape index (κ1) is 10.4. The van der Waals surface area contributed by atoms with Crippen molar-refractivity contribution < 1.29 is 4.74 Å². The zero-order valence-electron chi connectivity index (χ0n) is 9.21. The van der Waals surface area contributed by atoms with Gasteiger partial charge < -0.3 is 10.5 Å². The topological polar surface area (TPSA) is 35.2 Å². The molecule has 0 aromatic heterocycles. The standard InChI is InChI=1S/C13H16ClNO/c14-9-3-4-12-10(7-9)11(15)8-13(16-12)5-1-2-6-13/h3-4,7,11H,1-2,5-6,8,15H2/t11-/m1/s1. The van der Waals surface area contributed by atoms with Crippen molar-refractivity contribution in [3.8, 4) is 5.75 Å². The summed E-state index contributed by atoms with van der Waals surface area (Å²) in [6.45, 7) is 0. The molecular weight excluding hydrogens is 222 g/mol. The molecule has 0 bridgehead atoms. The molecule has 1 heterocycles. The summed E-state index contributed by atoms with van der Waals surface area (Å²) >= 11 is 5.98. The lowest BCUT2D eigenvalue weighted by Gasteiger charge is -2.38. The third kappa shape index (κ3) is 1.61. The lowest BCUT2D eigenvalue weighted by molar-refractivity contribution is 0.0426. The molecule has 2 N–H and O–H groups in total. The summed E-state index contributed by atoms with van der Waals surface area (Å²) in [5.41, 5.74) is 7.31. The molecule has 1 spiro atoms. The van der Waals surface area contributed by atoms with Crippen molar-refractivity contribution >= 4 is 11.6 Å². The average Bonchev–Trinajstić information content (AvgIpc) is 2.68. The Balaban J connectivity index is 1.99. The molecule has 1 aromatic rings. The summed E-state index contributed by atoms with van der Waals surface area (Å²) in [5, 5.41) is 0.736. The number of fused-ring (bicyclic) bond motifs is 1. The first-order chi connectivity index (χ1) is 7.69. The summed E-state index contributed by atoms with van der Waals surface area (Å²) < 4.78 is 6.17. The number of nitrogens with two attached hydrogens (primary N) is 1. The van der Waals surface area contributed by atoms with Crippen molar-refractivity contribution in [3.05, 3.63) is 28.8 Å². The van der Waals surface area contributed by atoms with E-state index in [0.717, 1.165) is 35.6 Å². The summed E-state index contributed by atoms with van der Waals surface area (Å²) in [7, 11) is 0. The van der Waals surface area contributed by atoms with Gasteiger partial charge in [0.25, 0.3) is 0 Å². The first-order valence-electron chi connectivity index (χ1n) is 5.93. The molecule has 0 unspecified atom stereocenters. The second-order valence-corrected chi connectivity index (χ2v) is 5.42. The highest BCUT2D eigenvalue weighted by Crippen LogP contribution is 2.46. The molecule has 1 atom stereocenters. The van der Waals surface area contributed by atoms with Crippen LogP contribution in [0.4, 0.5) is 0 Å². The van der Waals surface area contributed by atoms with E-state index in [1.807, 2.05) is 18.2 Å². The fourth-order valence-electron chi connectivity index (χ4n) is 3.01. The van der Waals surface area contributed by atoms with Crippen LogP contribution in [-0.2, 0) is 0 Å². The predicted octanol–water partition coefficient (Wildman–Crippen LogP) is 3.44. The number of hydrogen-bond donors (Lipinski definition) is 1. The lowest BCUT2D eigenvalue weighted by Crippen LogP contribution is -2.40. The van der Waals surface area contributed by atoms with E-state index >= 15 is 0 Å². The minimum absolute atomic E-state index is 0.0141. The van der Waals surface area contributed by atoms with Gasteiger partial charge in [0.2, 0.25) is 0 Å². The van der Waals surface area contributed by atoms with Gasteiger partial charge in [0.05, 0.1) is 0 Å². The third-order valence-corrected chi connectivity index (χ3v) is 4.04. The molecule has 1 aliphatic carbocycles. The van der Waals surface area contributed by atoms with Crippen molar-refractivity contribution in [1.29, 1.82) is 0 Å². The fraction of sp³-hybridized carbons (Fsp3) is 0.538. The van der Waals surface area contributed by atoms with Crippen LogP contribution >= 0.6 is 11.6 Å². The predicted molar refractivity (Wildman–Crippen MR) is 64.8 cm³/mol. The minimum atomic E-state index is 0.0141. The van der Waals surface area contributed by atoms with Gasteiger partial charge in [0.15, 0.2) is 0 Å². The highest BCUT2D eigenvalue weighted by atomic mass is 35.5. The fourth-order valence-corrected chi connectivity index (χ4v) is 3.19. The van der Waals surface area contributed by atoms with Gasteiger partial charge in [-0.2, -0.15) is 0 Å². The molecule has 0 radical (unpaired) electrons. The largest absolute Gasteiger partial charge is 0.487 e. The normalized spacial score (nSPS) is 26.5. The molecule has 1 saturated carbocycles. The molecule has 1 aliphatic heterocycles. The number of ether oxygens (including phenoxy) is 1. The molecule has 86 valence electrons. The quantitative estimate of drug-likeness (QED) is 0.750. The van der Waals surface area contributed by atoms with E-state index in [1.165, 1.54) is 12.8 Å². The second kappa shape index (κ2) is 3.64. The molecule has 2 aliphatic rings. The van der Waals surface area contributed by atoms with Crippen LogP contribution in [0.2, 0.25) is 5.02 Å². The Labute approximate surface area is 101 Å². The van der Waals surface area contributed by atoms with E-state index in [1.54, 1.807) is 0 Å². The molecule has 0 saturated heterocycles. The van der Waals surface area contributed by atoms with E-state index in [-0.39, 0.29) is 11.6 Å². The maximum absolute atomic E-state index is 6.23. The van der Waals surface area contributed by atoms with E-state index in [0.29, 0.717) is 0 Å². The minimum Gasteiger partial charge on any atom is -0.487 e. The lowest BCUT2D eigenvalue weighted by atomic mass is 9.86. The second-order valence-electron chi connectivity index (χ2n) is 4.98. The summed E-state index contributed by atoms with van der Waals surface area (Å²) in [6.07, 6.45) is 5.73. The van der Waals surface area contributed by atoms with Crippen LogP contribution in [0, 0.1) is 0 Å². The molecule has 2 nitrogen and oxygen atoms in total. The molecule has 16 heavy (non-hydrogen) atoms. The summed E-state index contributed by atoms with van der Waals surface area (Å²) in [4.78, 5) is 0. The van der Waals surface area contributed by atoms with Crippen LogP contribution in [0.25, 0.3) is 0 Å². The molecular formula is C13H16ClNO. The molecule has 1 aromatic carbocycles. The number of halogens is 1. The van der Waals surface area contributed by atoms with Gasteiger partial charge in [-0.1, -0.05) is 11.6 Å². The van der Waals surface area contributed by atoms with Crippen molar-refractivity contribution in [2.45, 2.75) is 43.7 Å². The molecule has 0 amide bonds. The van der Waals surface area contributed by atoms with Gasteiger partial charge in [-0.3, -0.25) is 0 Å². The number of rotatable bonds is 0. The van der Waals surface area contributed by atoms with E-state index in [4.69, 9.17) is 22.1 Å². The number of hydrogen-bond acceptors (Lipinski definition) is 2. The Hall–Kier alpha value is -0.730. The van der Waals surface area contributed by atoms with Gasteiger partial charge in [0, 0.05) is 23.0 Å². The Kier molecular flexibility index (Phi) is 2.37. The van der Waals surface area contributed by atoms with Gasteiger partial charge in [-0.25, -0.2) is 0 Å². The van der Waals surface area contributed by atoms with E-state index < -0.39 is 0 Å². The van der Waals surface area contributed by atoms with E-state index in [2.05, 4.69) is 0 Å². The average molecular weight is 238 g/mol. The van der Waals surface area contributed by atoms with Crippen LogP contribution in [0.15, 0.2) is 18.2 Å². The SMILES string of the molecule is N[C@@H]1CC2(CCCC2)Oc2ccc(Cl)cc21. The number of benzene rings is 1. The Morgan fingerprint density at radius 1 is 1.31 bits per heavy atom. The van der Waals surface area contributed by atoms with Crippen LogP contribution in [0.5, 0.6) is 5.75 Å². The maximum Gasteiger partial charge on any atom is 0.125 e. The van der Waals surface area contributed by atoms with Crippen LogP contribution < -0.4 is 10.5 Å². The van der Waals surface area contributed by atoms with Gasteiger partial charge in [0.1, 0.15) is 11.4 Å². The highest BCUT2D eigenvalue weighted by Gasteiger charge is 2.41. The smallest absolute Gasteiger partial charge is 0.125 e. The van der Waals surface area contributed by atoms with Crippen molar-refractivity contribution in [2.75, 3.05) is 0 Å². The van der Waals surface area contributed by atoms with Crippen molar-refractivity contribution in [1.82, 2.24) is 0 Å². The monoisotopic (exact) mass is 237 g/mol. The summed E-state index contributed by atoms with van der Waals surface area (Å²) in [5.74, 6) is 0.935. The Bertz CT molecular complexity index is 412. The molecule has 1 fully saturated rings. The van der Waals surface area contributed by atoms with E-state index in [9.17, 15) is 0 Å². The zero-order chi connectivity index (χ0) is 11.2. The third-order valence-electron chi connectivity index (χ3n) is 3.80.